The van der Waals surface area contributed by atoms with Crippen molar-refractivity contribution in [1.82, 2.24) is 0 Å². The number of nitrogen functional groups attached to an aromatic ring is 1. The molecule has 0 spiro atoms. The standard InChI is InChI=1S/C11H9BrFNOS/c1-6-10(2-3-15-6)16-11-5-8(13)7(12)4-9(11)14/h2-5H,14H2,1H3. The molecule has 0 amide bonds. The van der Waals surface area contributed by atoms with Crippen LogP contribution < -0.4 is 5.73 Å². The first-order chi connectivity index (χ1) is 7.58. The number of rotatable bonds is 2. The molecule has 16 heavy (non-hydrogen) atoms. The number of benzene rings is 1. The summed E-state index contributed by atoms with van der Waals surface area (Å²) in [6, 6.07) is 4.81. The first-order valence-corrected chi connectivity index (χ1v) is 6.15. The van der Waals surface area contributed by atoms with E-state index in [4.69, 9.17) is 10.2 Å². The van der Waals surface area contributed by atoms with Crippen LogP contribution >= 0.6 is 27.7 Å². The normalized spacial score (nSPS) is 10.7. The van der Waals surface area contributed by atoms with E-state index in [-0.39, 0.29) is 5.82 Å². The lowest BCUT2D eigenvalue weighted by Gasteiger charge is -2.05. The van der Waals surface area contributed by atoms with Crippen molar-refractivity contribution in [2.45, 2.75) is 16.7 Å². The zero-order valence-electron chi connectivity index (χ0n) is 8.46. The maximum Gasteiger partial charge on any atom is 0.138 e. The molecule has 0 aliphatic rings. The number of halogens is 2. The van der Waals surface area contributed by atoms with Gasteiger partial charge in [0.05, 0.1) is 15.6 Å². The Morgan fingerprint density at radius 2 is 2.12 bits per heavy atom. The largest absolute Gasteiger partial charge is 0.468 e. The molecule has 0 bridgehead atoms. The number of furan rings is 1. The highest BCUT2D eigenvalue weighted by Crippen LogP contribution is 2.36. The quantitative estimate of drug-likeness (QED) is 0.844. The molecule has 2 N–H and O–H groups in total. The third-order valence-electron chi connectivity index (χ3n) is 2.08. The maximum atomic E-state index is 13.3. The molecule has 2 nitrogen and oxygen atoms in total. The van der Waals surface area contributed by atoms with Crippen LogP contribution in [0.1, 0.15) is 5.76 Å². The second-order valence-corrected chi connectivity index (χ2v) is 5.19. The number of anilines is 1. The van der Waals surface area contributed by atoms with Crippen molar-refractivity contribution in [3.05, 3.63) is 40.5 Å². The molecule has 2 aromatic rings. The van der Waals surface area contributed by atoms with Gasteiger partial charge in [-0.25, -0.2) is 4.39 Å². The molecule has 2 rings (SSSR count). The molecule has 1 aromatic carbocycles. The highest BCUT2D eigenvalue weighted by atomic mass is 79.9. The van der Waals surface area contributed by atoms with Gasteiger partial charge in [-0.3, -0.25) is 0 Å². The van der Waals surface area contributed by atoms with Gasteiger partial charge in [-0.1, -0.05) is 11.8 Å². The number of hydrogen-bond donors (Lipinski definition) is 1. The van der Waals surface area contributed by atoms with Crippen LogP contribution in [-0.4, -0.2) is 0 Å². The average Bonchev–Trinajstić information content (AvgIpc) is 2.61. The highest BCUT2D eigenvalue weighted by Gasteiger charge is 2.10. The van der Waals surface area contributed by atoms with Gasteiger partial charge in [0, 0.05) is 10.6 Å². The number of aryl methyl sites for hydroxylation is 1. The fourth-order valence-electron chi connectivity index (χ4n) is 1.23. The lowest BCUT2D eigenvalue weighted by molar-refractivity contribution is 0.527. The molecule has 0 radical (unpaired) electrons. The van der Waals surface area contributed by atoms with E-state index in [0.717, 1.165) is 10.7 Å². The van der Waals surface area contributed by atoms with Gasteiger partial charge in [0.25, 0.3) is 0 Å². The van der Waals surface area contributed by atoms with Crippen molar-refractivity contribution in [1.29, 1.82) is 0 Å². The van der Waals surface area contributed by atoms with E-state index in [1.165, 1.54) is 17.8 Å². The third-order valence-corrected chi connectivity index (χ3v) is 3.91. The lowest BCUT2D eigenvalue weighted by atomic mass is 10.3. The zero-order chi connectivity index (χ0) is 11.7. The molecule has 0 atom stereocenters. The molecule has 5 heteroatoms. The molecule has 0 saturated carbocycles. The van der Waals surface area contributed by atoms with Gasteiger partial charge >= 0.3 is 0 Å². The van der Waals surface area contributed by atoms with Crippen LogP contribution in [0.15, 0.2) is 43.1 Å². The van der Waals surface area contributed by atoms with E-state index in [1.807, 2.05) is 13.0 Å². The summed E-state index contributed by atoms with van der Waals surface area (Å²) in [6.07, 6.45) is 1.60. The van der Waals surface area contributed by atoms with E-state index in [9.17, 15) is 4.39 Å². The monoisotopic (exact) mass is 301 g/mol. The summed E-state index contributed by atoms with van der Waals surface area (Å²) in [5, 5.41) is 0. The fourth-order valence-corrected chi connectivity index (χ4v) is 2.48. The summed E-state index contributed by atoms with van der Waals surface area (Å²) < 4.78 is 18.9. The van der Waals surface area contributed by atoms with Crippen molar-refractivity contribution in [2.75, 3.05) is 5.73 Å². The second-order valence-electron chi connectivity index (χ2n) is 3.25. The van der Waals surface area contributed by atoms with E-state index in [1.54, 1.807) is 12.3 Å². The van der Waals surface area contributed by atoms with Crippen LogP contribution in [0.2, 0.25) is 0 Å². The minimum absolute atomic E-state index is 0.321. The van der Waals surface area contributed by atoms with Gasteiger partial charge in [-0.05, 0) is 41.1 Å². The summed E-state index contributed by atoms with van der Waals surface area (Å²) in [6.45, 7) is 1.85. The Labute approximate surface area is 105 Å². The van der Waals surface area contributed by atoms with E-state index < -0.39 is 0 Å². The van der Waals surface area contributed by atoms with Gasteiger partial charge in [0.15, 0.2) is 0 Å². The van der Waals surface area contributed by atoms with Crippen LogP contribution in [0, 0.1) is 12.7 Å². The van der Waals surface area contributed by atoms with Gasteiger partial charge in [0.1, 0.15) is 11.6 Å². The Morgan fingerprint density at radius 3 is 2.75 bits per heavy atom. The minimum atomic E-state index is -0.321. The zero-order valence-corrected chi connectivity index (χ0v) is 10.9. The Morgan fingerprint density at radius 1 is 1.38 bits per heavy atom. The molecule has 0 saturated heterocycles. The summed E-state index contributed by atoms with van der Waals surface area (Å²) in [5.74, 6) is 0.477. The summed E-state index contributed by atoms with van der Waals surface area (Å²) in [7, 11) is 0. The molecule has 0 aliphatic carbocycles. The second kappa shape index (κ2) is 4.51. The molecular weight excluding hydrogens is 293 g/mol. The molecule has 0 unspecified atom stereocenters. The van der Waals surface area contributed by atoms with Crippen LogP contribution in [0.5, 0.6) is 0 Å². The Bertz CT molecular complexity index is 527. The van der Waals surface area contributed by atoms with Crippen molar-refractivity contribution in [3.8, 4) is 0 Å². The predicted octanol–water partition coefficient (Wildman–Crippen LogP) is 4.22. The number of nitrogens with two attached hydrogens (primary N) is 1. The minimum Gasteiger partial charge on any atom is -0.468 e. The summed E-state index contributed by atoms with van der Waals surface area (Å²) in [4.78, 5) is 1.62. The Hall–Kier alpha value is -0.940. The van der Waals surface area contributed by atoms with Gasteiger partial charge < -0.3 is 10.2 Å². The van der Waals surface area contributed by atoms with Crippen LogP contribution in [0.3, 0.4) is 0 Å². The SMILES string of the molecule is Cc1occc1Sc1cc(F)c(Br)cc1N. The first-order valence-electron chi connectivity index (χ1n) is 4.54. The van der Waals surface area contributed by atoms with Crippen molar-refractivity contribution in [2.24, 2.45) is 0 Å². The maximum absolute atomic E-state index is 13.3. The predicted molar refractivity (Wildman–Crippen MR) is 66.1 cm³/mol. The van der Waals surface area contributed by atoms with E-state index >= 15 is 0 Å². The summed E-state index contributed by atoms with van der Waals surface area (Å²) >= 11 is 4.48. The average molecular weight is 302 g/mol. The van der Waals surface area contributed by atoms with Crippen LogP contribution in [0.4, 0.5) is 10.1 Å². The van der Waals surface area contributed by atoms with E-state index in [2.05, 4.69) is 15.9 Å². The molecule has 84 valence electrons. The molecule has 1 heterocycles. The van der Waals surface area contributed by atoms with Crippen LogP contribution in [0.25, 0.3) is 0 Å². The molecule has 0 fully saturated rings. The fraction of sp³-hybridized carbons (Fsp3) is 0.0909. The van der Waals surface area contributed by atoms with Crippen LogP contribution in [-0.2, 0) is 0 Å². The third kappa shape index (κ3) is 2.25. The lowest BCUT2D eigenvalue weighted by Crippen LogP contribution is -1.91. The molecular formula is C11H9BrFNOS. The van der Waals surface area contributed by atoms with Gasteiger partial charge in [-0.15, -0.1) is 0 Å². The van der Waals surface area contributed by atoms with Crippen molar-refractivity contribution >= 4 is 33.4 Å². The van der Waals surface area contributed by atoms with Crippen molar-refractivity contribution < 1.29 is 8.81 Å². The van der Waals surface area contributed by atoms with Crippen molar-refractivity contribution in [3.63, 3.8) is 0 Å². The Balaban J connectivity index is 2.35. The molecule has 1 aromatic heterocycles. The van der Waals surface area contributed by atoms with Gasteiger partial charge in [0.2, 0.25) is 0 Å². The highest BCUT2D eigenvalue weighted by molar-refractivity contribution is 9.10. The smallest absolute Gasteiger partial charge is 0.138 e. The molecule has 0 aliphatic heterocycles. The number of hydrogen-bond acceptors (Lipinski definition) is 3. The summed E-state index contributed by atoms with van der Waals surface area (Å²) in [5.41, 5.74) is 6.35. The van der Waals surface area contributed by atoms with E-state index in [0.29, 0.717) is 15.1 Å². The van der Waals surface area contributed by atoms with Gasteiger partial charge in [-0.2, -0.15) is 0 Å². The topological polar surface area (TPSA) is 39.2 Å². The Kier molecular flexibility index (Phi) is 3.25. The first kappa shape index (κ1) is 11.5.